The molecule has 2 unspecified atom stereocenters. The molecule has 0 saturated carbocycles. The normalized spacial score (nSPS) is 29.8. The van der Waals surface area contributed by atoms with Gasteiger partial charge in [0.1, 0.15) is 53.3 Å². The van der Waals surface area contributed by atoms with Gasteiger partial charge in [0, 0.05) is 11.8 Å². The summed E-state index contributed by atoms with van der Waals surface area (Å²) in [6.07, 6.45) is -5.23. The first-order valence-corrected chi connectivity index (χ1v) is 12.5. The number of carboxylic acids is 1. The number of carboxylic acid groups (broad SMARTS) is 1. The lowest BCUT2D eigenvalue weighted by Crippen LogP contribution is -2.59. The highest BCUT2D eigenvalue weighted by Crippen LogP contribution is 2.34. The lowest BCUT2D eigenvalue weighted by Gasteiger charge is -2.39. The number of ether oxygens (including phenoxy) is 5. The van der Waals surface area contributed by atoms with Gasteiger partial charge in [-0.25, -0.2) is 9.78 Å². The molecule has 208 valence electrons. The van der Waals surface area contributed by atoms with Crippen molar-refractivity contribution in [3.05, 3.63) is 18.0 Å². The van der Waals surface area contributed by atoms with Gasteiger partial charge in [-0.05, 0) is 6.92 Å². The van der Waals surface area contributed by atoms with E-state index < -0.39 is 48.8 Å². The molecule has 0 aromatic carbocycles. The van der Waals surface area contributed by atoms with Crippen molar-refractivity contribution in [2.75, 3.05) is 52.0 Å². The van der Waals surface area contributed by atoms with Crippen LogP contribution in [0.2, 0.25) is 0 Å². The average Bonchev–Trinajstić information content (AvgIpc) is 3.28. The maximum atomic E-state index is 11.3. The van der Waals surface area contributed by atoms with Crippen molar-refractivity contribution in [1.82, 2.24) is 4.98 Å². The van der Waals surface area contributed by atoms with Gasteiger partial charge in [0.05, 0.1) is 45.8 Å². The summed E-state index contributed by atoms with van der Waals surface area (Å²) in [6, 6.07) is 1.38. The van der Waals surface area contributed by atoms with Gasteiger partial charge < -0.3 is 54.3 Å². The predicted molar refractivity (Wildman–Crippen MR) is 128 cm³/mol. The summed E-state index contributed by atoms with van der Waals surface area (Å²) in [4.78, 5) is 19.6. The van der Waals surface area contributed by atoms with E-state index in [4.69, 9.17) is 28.8 Å². The minimum atomic E-state index is -1.50. The summed E-state index contributed by atoms with van der Waals surface area (Å²) in [5.74, 6) is -0.639. The van der Waals surface area contributed by atoms with Crippen molar-refractivity contribution in [2.24, 2.45) is 4.99 Å². The van der Waals surface area contributed by atoms with E-state index in [1.54, 1.807) is 0 Å². The molecule has 14 nitrogen and oxygen atoms in total. The van der Waals surface area contributed by atoms with Gasteiger partial charge in [-0.2, -0.15) is 0 Å². The zero-order valence-electron chi connectivity index (χ0n) is 20.1. The van der Waals surface area contributed by atoms with Crippen LogP contribution in [0.5, 0.6) is 11.5 Å². The van der Waals surface area contributed by atoms with Gasteiger partial charge in [-0.1, -0.05) is 0 Å². The number of hydrogen-bond donors (Lipinski definition) is 6. The van der Waals surface area contributed by atoms with Crippen LogP contribution in [0.25, 0.3) is 0 Å². The predicted octanol–water partition coefficient (Wildman–Crippen LogP) is -1.65. The summed E-state index contributed by atoms with van der Waals surface area (Å²) < 4.78 is 26.8. The largest absolute Gasteiger partial charge is 0.505 e. The second-order valence-corrected chi connectivity index (χ2v) is 9.43. The lowest BCUT2D eigenvalue weighted by molar-refractivity contribution is -0.302. The third-order valence-corrected chi connectivity index (χ3v) is 6.84. The molecular formula is C22H32N2O12S. The molecule has 3 rings (SSSR count). The fourth-order valence-electron chi connectivity index (χ4n) is 3.38. The minimum absolute atomic E-state index is 0.0404. The number of aromatic nitrogens is 1. The Kier molecular flexibility index (Phi) is 10.9. The molecule has 0 spiro atoms. The summed E-state index contributed by atoms with van der Waals surface area (Å²) in [5.41, 5.74) is -1.05. The summed E-state index contributed by atoms with van der Waals surface area (Å²) in [6.45, 7) is 2.12. The molecule has 2 aliphatic heterocycles. The number of carbonyl (C=O) groups is 1. The topological polar surface area (TPSA) is 210 Å². The van der Waals surface area contributed by atoms with Crippen LogP contribution in [-0.2, 0) is 23.7 Å². The molecule has 0 bridgehead atoms. The molecule has 37 heavy (non-hydrogen) atoms. The highest BCUT2D eigenvalue weighted by molar-refractivity contribution is 8.14. The molecule has 6 atom stereocenters. The SMILES string of the molecule is C[C@]1(C(=O)O)CSC(c2ncc(OCCOCCOCCO[C@H]3OC(CO)[C@H](O)[C@H](O)C3O)cc2O)=N1. The van der Waals surface area contributed by atoms with Crippen LogP contribution in [0.3, 0.4) is 0 Å². The molecule has 0 amide bonds. The quantitative estimate of drug-likeness (QED) is 0.144. The first-order chi connectivity index (χ1) is 17.7. The van der Waals surface area contributed by atoms with Crippen molar-refractivity contribution >= 4 is 22.8 Å². The third-order valence-electron chi connectivity index (χ3n) is 5.57. The molecule has 6 N–H and O–H groups in total. The van der Waals surface area contributed by atoms with Gasteiger partial charge in [-0.3, -0.25) is 4.99 Å². The zero-order valence-corrected chi connectivity index (χ0v) is 21.0. The number of aliphatic imine (C=N–C) groups is 1. The van der Waals surface area contributed by atoms with Crippen molar-refractivity contribution < 1.29 is 59.1 Å². The van der Waals surface area contributed by atoms with E-state index in [1.165, 1.54) is 30.9 Å². The van der Waals surface area contributed by atoms with Crippen LogP contribution in [0.15, 0.2) is 17.3 Å². The first-order valence-electron chi connectivity index (χ1n) is 11.5. The number of hydrogen-bond acceptors (Lipinski definition) is 14. The van der Waals surface area contributed by atoms with Crippen LogP contribution in [0, 0.1) is 0 Å². The highest BCUT2D eigenvalue weighted by Gasteiger charge is 2.44. The number of nitrogens with zero attached hydrogens (tertiary/aromatic N) is 2. The summed E-state index contributed by atoms with van der Waals surface area (Å²) >= 11 is 1.21. The van der Waals surface area contributed by atoms with E-state index in [0.717, 1.165) is 0 Å². The average molecular weight is 549 g/mol. The van der Waals surface area contributed by atoms with E-state index in [2.05, 4.69) is 9.98 Å². The fourth-order valence-corrected chi connectivity index (χ4v) is 4.54. The van der Waals surface area contributed by atoms with Gasteiger partial charge in [0.25, 0.3) is 0 Å². The van der Waals surface area contributed by atoms with Crippen molar-refractivity contribution in [3.63, 3.8) is 0 Å². The van der Waals surface area contributed by atoms with Gasteiger partial charge in [0.15, 0.2) is 11.8 Å². The molecule has 2 aliphatic rings. The van der Waals surface area contributed by atoms with Crippen LogP contribution >= 0.6 is 11.8 Å². The minimum Gasteiger partial charge on any atom is -0.505 e. The van der Waals surface area contributed by atoms with E-state index in [0.29, 0.717) is 10.8 Å². The van der Waals surface area contributed by atoms with Gasteiger partial charge in [-0.15, -0.1) is 11.8 Å². The Hall–Kier alpha value is -2.08. The second-order valence-electron chi connectivity index (χ2n) is 8.46. The number of aliphatic carboxylic acids is 1. The zero-order chi connectivity index (χ0) is 27.0. The van der Waals surface area contributed by atoms with Crippen LogP contribution in [0.4, 0.5) is 0 Å². The third kappa shape index (κ3) is 7.72. The highest BCUT2D eigenvalue weighted by atomic mass is 32.2. The Morgan fingerprint density at radius 2 is 1.78 bits per heavy atom. The molecule has 1 fully saturated rings. The molecule has 1 saturated heterocycles. The summed E-state index contributed by atoms with van der Waals surface area (Å²) in [7, 11) is 0. The lowest BCUT2D eigenvalue weighted by atomic mass is 9.99. The second kappa shape index (κ2) is 13.6. The number of rotatable bonds is 14. The molecule has 3 heterocycles. The first kappa shape index (κ1) is 29.5. The Labute approximate surface area is 216 Å². The maximum Gasteiger partial charge on any atom is 0.332 e. The molecule has 0 radical (unpaired) electrons. The van der Waals surface area contributed by atoms with E-state index >= 15 is 0 Å². The molecule has 1 aromatic heterocycles. The molecule has 1 aromatic rings. The van der Waals surface area contributed by atoms with Gasteiger partial charge >= 0.3 is 5.97 Å². The van der Waals surface area contributed by atoms with Crippen LogP contribution in [0.1, 0.15) is 12.6 Å². The number of aromatic hydroxyl groups is 1. The molecular weight excluding hydrogens is 516 g/mol. The Bertz CT molecular complexity index is 935. The Morgan fingerprint density at radius 1 is 1.11 bits per heavy atom. The van der Waals surface area contributed by atoms with E-state index in [9.17, 15) is 30.3 Å². The number of aliphatic hydroxyl groups is 4. The van der Waals surface area contributed by atoms with E-state index in [1.807, 2.05) is 0 Å². The number of aliphatic hydroxyl groups excluding tert-OH is 4. The monoisotopic (exact) mass is 548 g/mol. The number of pyridine rings is 1. The van der Waals surface area contributed by atoms with Crippen molar-refractivity contribution in [2.45, 2.75) is 43.2 Å². The van der Waals surface area contributed by atoms with Crippen molar-refractivity contribution in [3.8, 4) is 11.5 Å². The van der Waals surface area contributed by atoms with E-state index in [-0.39, 0.29) is 56.8 Å². The Morgan fingerprint density at radius 3 is 2.41 bits per heavy atom. The molecule has 15 heteroatoms. The van der Waals surface area contributed by atoms with Crippen molar-refractivity contribution in [1.29, 1.82) is 0 Å². The van der Waals surface area contributed by atoms with Crippen LogP contribution in [-0.4, -0.2) is 135 Å². The number of thioether (sulfide) groups is 1. The maximum absolute atomic E-state index is 11.3. The van der Waals surface area contributed by atoms with Gasteiger partial charge in [0.2, 0.25) is 0 Å². The summed E-state index contributed by atoms with van der Waals surface area (Å²) in [5, 5.41) is 58.4. The van der Waals surface area contributed by atoms with Crippen LogP contribution < -0.4 is 4.74 Å². The standard InChI is InChI=1S/C22H32N2O12S/c1-22(21(30)31)11-37-19(24-22)15-13(26)8-12(9-23-15)34-6-4-32-2-3-33-5-7-35-20-18(29)17(28)16(27)14(10-25)36-20/h8-9,14,16-18,20,25-29H,2-7,10-11H2,1H3,(H,30,31)/t14?,16-,17-,18?,20-,22+/m0/s1. The smallest absolute Gasteiger partial charge is 0.332 e. The fraction of sp³-hybridized carbons (Fsp3) is 0.682. The molecule has 0 aliphatic carbocycles. The Balaban J connectivity index is 1.26.